The predicted molar refractivity (Wildman–Crippen MR) is 80.3 cm³/mol. The van der Waals surface area contributed by atoms with Crippen molar-refractivity contribution in [1.82, 2.24) is 5.32 Å². The van der Waals surface area contributed by atoms with Crippen molar-refractivity contribution in [3.63, 3.8) is 0 Å². The molecule has 0 aliphatic carbocycles. The molecule has 0 saturated heterocycles. The van der Waals surface area contributed by atoms with Crippen molar-refractivity contribution in [2.24, 2.45) is 0 Å². The molecule has 0 aliphatic rings. The van der Waals surface area contributed by atoms with E-state index in [1.54, 1.807) is 13.2 Å². The van der Waals surface area contributed by atoms with Gasteiger partial charge in [0.25, 0.3) is 0 Å². The van der Waals surface area contributed by atoms with Crippen LogP contribution in [0.3, 0.4) is 0 Å². The lowest BCUT2D eigenvalue weighted by molar-refractivity contribution is 0.321. The molecule has 0 heterocycles. The van der Waals surface area contributed by atoms with Crippen LogP contribution in [-0.4, -0.2) is 19.8 Å². The Kier molecular flexibility index (Phi) is 6.74. The molecule has 1 aromatic carbocycles. The average Bonchev–Trinajstić information content (AvgIpc) is 2.37. The average molecular weight is 284 g/mol. The monoisotopic (exact) mass is 283 g/mol. The van der Waals surface area contributed by atoms with Gasteiger partial charge in [-0.3, -0.25) is 0 Å². The number of halogens is 1. The molecule has 3 nitrogen and oxygen atoms in total. The van der Waals surface area contributed by atoms with Gasteiger partial charge in [0, 0.05) is 29.2 Å². The smallest absolute Gasteiger partial charge is 0.166 e. The standard InChI is InChI=1S/C15H22ClNO2/c1-5-6-7-19-15-12(10-17-11(2)3)8-13(16)9-14(15)18-4/h5-6,8-9,11,17H,7,10H2,1-4H3/b6-5+. The van der Waals surface area contributed by atoms with Crippen LogP contribution in [0.2, 0.25) is 5.02 Å². The molecule has 1 N–H and O–H groups in total. The van der Waals surface area contributed by atoms with Gasteiger partial charge in [-0.2, -0.15) is 0 Å². The topological polar surface area (TPSA) is 30.5 Å². The highest BCUT2D eigenvalue weighted by molar-refractivity contribution is 6.30. The molecule has 0 saturated carbocycles. The molecule has 0 aliphatic heterocycles. The van der Waals surface area contributed by atoms with Crippen LogP contribution in [0.4, 0.5) is 0 Å². The van der Waals surface area contributed by atoms with Gasteiger partial charge in [0.15, 0.2) is 11.5 Å². The predicted octanol–water partition coefficient (Wildman–Crippen LogP) is 3.80. The van der Waals surface area contributed by atoms with Crippen LogP contribution >= 0.6 is 11.6 Å². The minimum absolute atomic E-state index is 0.397. The summed E-state index contributed by atoms with van der Waals surface area (Å²) in [6, 6.07) is 4.07. The van der Waals surface area contributed by atoms with Gasteiger partial charge in [-0.1, -0.05) is 37.6 Å². The highest BCUT2D eigenvalue weighted by atomic mass is 35.5. The van der Waals surface area contributed by atoms with E-state index < -0.39 is 0 Å². The molecule has 0 atom stereocenters. The number of methoxy groups -OCH3 is 1. The minimum atomic E-state index is 0.397. The maximum absolute atomic E-state index is 6.10. The first-order valence-corrected chi connectivity index (χ1v) is 6.80. The van der Waals surface area contributed by atoms with E-state index in [0.29, 0.717) is 30.0 Å². The van der Waals surface area contributed by atoms with Gasteiger partial charge >= 0.3 is 0 Å². The third kappa shape index (κ3) is 5.13. The summed E-state index contributed by atoms with van der Waals surface area (Å²) < 4.78 is 11.1. The molecule has 19 heavy (non-hydrogen) atoms. The van der Waals surface area contributed by atoms with Crippen LogP contribution in [0, 0.1) is 0 Å². The molecule has 4 heteroatoms. The van der Waals surface area contributed by atoms with Crippen molar-refractivity contribution >= 4 is 11.6 Å². The zero-order valence-electron chi connectivity index (χ0n) is 12.0. The van der Waals surface area contributed by atoms with Gasteiger partial charge in [0.05, 0.1) is 7.11 Å². The van der Waals surface area contributed by atoms with Gasteiger partial charge < -0.3 is 14.8 Å². The first kappa shape index (κ1) is 15.9. The lowest BCUT2D eigenvalue weighted by Gasteiger charge is -2.16. The van der Waals surface area contributed by atoms with Crippen molar-refractivity contribution in [3.8, 4) is 11.5 Å². The van der Waals surface area contributed by atoms with E-state index in [-0.39, 0.29) is 0 Å². The van der Waals surface area contributed by atoms with E-state index in [4.69, 9.17) is 21.1 Å². The molecule has 1 aromatic rings. The normalized spacial score (nSPS) is 11.3. The molecular weight excluding hydrogens is 262 g/mol. The number of allylic oxidation sites excluding steroid dienone is 1. The molecule has 0 amide bonds. The van der Waals surface area contributed by atoms with E-state index >= 15 is 0 Å². The second-order valence-electron chi connectivity index (χ2n) is 4.51. The number of hydrogen-bond donors (Lipinski definition) is 1. The van der Waals surface area contributed by atoms with E-state index in [0.717, 1.165) is 11.3 Å². The highest BCUT2D eigenvalue weighted by Gasteiger charge is 2.12. The molecule has 0 spiro atoms. The van der Waals surface area contributed by atoms with Crippen LogP contribution in [-0.2, 0) is 6.54 Å². The van der Waals surface area contributed by atoms with Crippen LogP contribution in [0.5, 0.6) is 11.5 Å². The Morgan fingerprint density at radius 3 is 2.68 bits per heavy atom. The van der Waals surface area contributed by atoms with E-state index in [9.17, 15) is 0 Å². The largest absolute Gasteiger partial charge is 0.493 e. The Bertz CT molecular complexity index is 430. The summed E-state index contributed by atoms with van der Waals surface area (Å²) in [6.45, 7) is 7.37. The summed E-state index contributed by atoms with van der Waals surface area (Å²) in [5.41, 5.74) is 1.00. The Morgan fingerprint density at radius 1 is 1.37 bits per heavy atom. The van der Waals surface area contributed by atoms with E-state index in [2.05, 4.69) is 19.2 Å². The zero-order chi connectivity index (χ0) is 14.3. The minimum Gasteiger partial charge on any atom is -0.493 e. The SMILES string of the molecule is C/C=C/COc1c(CNC(C)C)cc(Cl)cc1OC. The lowest BCUT2D eigenvalue weighted by atomic mass is 10.1. The lowest BCUT2D eigenvalue weighted by Crippen LogP contribution is -2.22. The van der Waals surface area contributed by atoms with Crippen LogP contribution in [0.25, 0.3) is 0 Å². The summed E-state index contributed by atoms with van der Waals surface area (Å²) in [4.78, 5) is 0. The van der Waals surface area contributed by atoms with Crippen molar-refractivity contribution in [2.75, 3.05) is 13.7 Å². The second-order valence-corrected chi connectivity index (χ2v) is 4.95. The highest BCUT2D eigenvalue weighted by Crippen LogP contribution is 2.34. The second kappa shape index (κ2) is 8.08. The van der Waals surface area contributed by atoms with Crippen molar-refractivity contribution in [1.29, 1.82) is 0 Å². The summed E-state index contributed by atoms with van der Waals surface area (Å²) >= 11 is 6.10. The fourth-order valence-electron chi connectivity index (χ4n) is 1.61. The molecule has 0 radical (unpaired) electrons. The maximum Gasteiger partial charge on any atom is 0.166 e. The van der Waals surface area contributed by atoms with Gasteiger partial charge in [-0.15, -0.1) is 0 Å². The Labute approximate surface area is 120 Å². The van der Waals surface area contributed by atoms with Crippen molar-refractivity contribution in [2.45, 2.75) is 33.4 Å². The van der Waals surface area contributed by atoms with Gasteiger partial charge in [0.2, 0.25) is 0 Å². The number of ether oxygens (including phenoxy) is 2. The molecule has 0 bridgehead atoms. The molecule has 1 rings (SSSR count). The number of hydrogen-bond acceptors (Lipinski definition) is 3. The van der Waals surface area contributed by atoms with E-state index in [1.807, 2.05) is 25.1 Å². The van der Waals surface area contributed by atoms with Crippen molar-refractivity contribution < 1.29 is 9.47 Å². The van der Waals surface area contributed by atoms with Crippen LogP contribution < -0.4 is 14.8 Å². The zero-order valence-corrected chi connectivity index (χ0v) is 12.8. The van der Waals surface area contributed by atoms with Gasteiger partial charge in [0.1, 0.15) is 6.61 Å². The van der Waals surface area contributed by atoms with Gasteiger partial charge in [-0.05, 0) is 13.0 Å². The third-order valence-electron chi connectivity index (χ3n) is 2.58. The fourth-order valence-corrected chi connectivity index (χ4v) is 1.84. The van der Waals surface area contributed by atoms with E-state index in [1.165, 1.54) is 0 Å². The molecule has 0 aromatic heterocycles. The van der Waals surface area contributed by atoms with Crippen LogP contribution in [0.15, 0.2) is 24.3 Å². The fraction of sp³-hybridized carbons (Fsp3) is 0.467. The third-order valence-corrected chi connectivity index (χ3v) is 2.80. The number of rotatable bonds is 7. The van der Waals surface area contributed by atoms with Crippen molar-refractivity contribution in [3.05, 3.63) is 34.9 Å². The Balaban J connectivity index is 2.98. The summed E-state index contributed by atoms with van der Waals surface area (Å²) in [5.74, 6) is 1.41. The quantitative estimate of drug-likeness (QED) is 0.772. The van der Waals surface area contributed by atoms with Crippen LogP contribution in [0.1, 0.15) is 26.3 Å². The molecule has 106 valence electrons. The summed E-state index contributed by atoms with van der Waals surface area (Å²) in [5, 5.41) is 4.01. The Morgan fingerprint density at radius 2 is 2.11 bits per heavy atom. The summed E-state index contributed by atoms with van der Waals surface area (Å²) in [7, 11) is 1.62. The number of nitrogens with one attached hydrogen (secondary N) is 1. The number of benzene rings is 1. The Hall–Kier alpha value is -1.19. The first-order valence-electron chi connectivity index (χ1n) is 6.42. The molecule has 0 unspecified atom stereocenters. The molecular formula is C15H22ClNO2. The first-order chi connectivity index (χ1) is 9.08. The molecule has 0 fully saturated rings. The van der Waals surface area contributed by atoms with Gasteiger partial charge in [-0.25, -0.2) is 0 Å². The maximum atomic E-state index is 6.10. The summed E-state index contributed by atoms with van der Waals surface area (Å²) in [6.07, 6.45) is 3.90.